The van der Waals surface area contributed by atoms with E-state index in [0.29, 0.717) is 27.6 Å². The van der Waals surface area contributed by atoms with Crippen LogP contribution in [0.2, 0.25) is 10.0 Å². The van der Waals surface area contributed by atoms with E-state index < -0.39 is 6.04 Å². The summed E-state index contributed by atoms with van der Waals surface area (Å²) in [5, 5.41) is 10.5. The summed E-state index contributed by atoms with van der Waals surface area (Å²) in [6, 6.07) is 6.19. The molecule has 0 spiro atoms. The number of nitrogen functional groups attached to an aromatic ring is 2. The molecule has 4 aromatic rings. The molecule has 6 N–H and O–H groups in total. The van der Waals surface area contributed by atoms with E-state index in [-0.39, 0.29) is 28.2 Å². The van der Waals surface area contributed by atoms with Gasteiger partial charge in [0, 0.05) is 6.07 Å². The lowest BCUT2D eigenvalue weighted by Crippen LogP contribution is -2.28. The predicted molar refractivity (Wildman–Crippen MR) is 112 cm³/mol. The molecule has 148 valence electrons. The van der Waals surface area contributed by atoms with Gasteiger partial charge in [-0.1, -0.05) is 29.3 Å². The molecule has 12 heteroatoms. The fourth-order valence-corrected chi connectivity index (χ4v) is 3.34. The van der Waals surface area contributed by atoms with E-state index >= 15 is 0 Å². The zero-order valence-corrected chi connectivity index (χ0v) is 16.5. The lowest BCUT2D eigenvalue weighted by atomic mass is 10.2. The zero-order valence-electron chi connectivity index (χ0n) is 15.0. The molecule has 3 aromatic heterocycles. The van der Waals surface area contributed by atoms with Crippen LogP contribution < -0.4 is 22.3 Å². The van der Waals surface area contributed by atoms with E-state index in [1.54, 1.807) is 31.2 Å². The molecule has 0 radical (unpaired) electrons. The number of benzene rings is 1. The van der Waals surface area contributed by atoms with Crippen molar-refractivity contribution in [1.29, 1.82) is 0 Å². The number of nitrogens with two attached hydrogens (primary N) is 2. The first kappa shape index (κ1) is 19.0. The normalized spacial score (nSPS) is 12.2. The molecule has 29 heavy (non-hydrogen) atoms. The van der Waals surface area contributed by atoms with E-state index in [4.69, 9.17) is 34.7 Å². The van der Waals surface area contributed by atoms with E-state index in [2.05, 4.69) is 30.5 Å². The van der Waals surface area contributed by atoms with Crippen LogP contribution in [0.4, 0.5) is 17.6 Å². The quantitative estimate of drug-likeness (QED) is 0.384. The third kappa shape index (κ3) is 3.32. The number of hydrogen-bond acceptors (Lipinski definition) is 8. The Morgan fingerprint density at radius 1 is 1.17 bits per heavy atom. The average molecular weight is 432 g/mol. The first-order valence-electron chi connectivity index (χ1n) is 8.42. The second kappa shape index (κ2) is 7.22. The molecule has 0 fully saturated rings. The maximum Gasteiger partial charge on any atom is 0.268 e. The molecule has 0 amide bonds. The smallest absolute Gasteiger partial charge is 0.268 e. The van der Waals surface area contributed by atoms with Gasteiger partial charge in [0.05, 0.1) is 28.2 Å². The Hall–Kier alpha value is -3.37. The van der Waals surface area contributed by atoms with Gasteiger partial charge in [0.25, 0.3) is 5.56 Å². The van der Waals surface area contributed by atoms with Crippen LogP contribution in [-0.4, -0.2) is 29.7 Å². The molecule has 0 aliphatic rings. The lowest BCUT2D eigenvalue weighted by Gasteiger charge is -2.20. The van der Waals surface area contributed by atoms with Gasteiger partial charge in [0.1, 0.15) is 22.5 Å². The van der Waals surface area contributed by atoms with Crippen LogP contribution in [0.15, 0.2) is 35.3 Å². The number of nitrogens with one attached hydrogen (secondary N) is 2. The van der Waals surface area contributed by atoms with E-state index in [0.717, 1.165) is 0 Å². The molecule has 0 bridgehead atoms. The Bertz CT molecular complexity index is 1270. The monoisotopic (exact) mass is 431 g/mol. The van der Waals surface area contributed by atoms with Gasteiger partial charge in [0.2, 0.25) is 5.95 Å². The lowest BCUT2D eigenvalue weighted by molar-refractivity contribution is 0.720. The number of anilines is 3. The second-order valence-corrected chi connectivity index (χ2v) is 6.97. The number of aromatic nitrogens is 6. The van der Waals surface area contributed by atoms with Gasteiger partial charge in [-0.05, 0) is 19.1 Å². The number of hydrogen-bond donors (Lipinski definition) is 4. The summed E-state index contributed by atoms with van der Waals surface area (Å²) in [7, 11) is 0. The maximum absolute atomic E-state index is 13.3. The fraction of sp³-hybridized carbons (Fsp3) is 0.118. The van der Waals surface area contributed by atoms with Crippen molar-refractivity contribution >= 4 is 51.7 Å². The van der Waals surface area contributed by atoms with Crippen molar-refractivity contribution in [3.63, 3.8) is 0 Å². The number of nitrogens with zero attached hydrogens (tertiary/aromatic N) is 5. The van der Waals surface area contributed by atoms with Gasteiger partial charge in [-0.15, -0.1) is 0 Å². The molecule has 1 unspecified atom stereocenters. The average Bonchev–Trinajstić information content (AvgIpc) is 3.19. The van der Waals surface area contributed by atoms with Crippen LogP contribution >= 0.6 is 23.2 Å². The van der Waals surface area contributed by atoms with Crippen LogP contribution in [-0.2, 0) is 0 Å². The van der Waals surface area contributed by atoms with E-state index in [1.165, 1.54) is 10.8 Å². The van der Waals surface area contributed by atoms with E-state index in [9.17, 15) is 4.79 Å². The van der Waals surface area contributed by atoms with Gasteiger partial charge in [-0.25, -0.2) is 9.55 Å². The minimum absolute atomic E-state index is 0.0363. The maximum atomic E-state index is 13.3. The van der Waals surface area contributed by atoms with E-state index in [1.807, 2.05) is 0 Å². The summed E-state index contributed by atoms with van der Waals surface area (Å²) in [5.74, 6) is 1.03. The molecule has 1 aromatic carbocycles. The highest BCUT2D eigenvalue weighted by Gasteiger charge is 2.21. The molecule has 10 nitrogen and oxygen atoms in total. The highest BCUT2D eigenvalue weighted by molar-refractivity contribution is 6.35. The number of halogens is 2. The number of rotatable bonds is 4. The van der Waals surface area contributed by atoms with Crippen LogP contribution in [0.1, 0.15) is 18.8 Å². The van der Waals surface area contributed by atoms with Crippen molar-refractivity contribution in [2.45, 2.75) is 13.0 Å². The van der Waals surface area contributed by atoms with Crippen LogP contribution in [0, 0.1) is 0 Å². The Balaban J connectivity index is 1.91. The SMILES string of the molecule is CC(Nc1nc(N)nc(N)c1Cl)c1nc2cccc(Cl)c2c(=O)n1-c1ccn[nH]1. The summed E-state index contributed by atoms with van der Waals surface area (Å²) in [6.07, 6.45) is 1.53. The van der Waals surface area contributed by atoms with Gasteiger partial charge in [0.15, 0.2) is 5.82 Å². The molecule has 1 atom stereocenters. The summed E-state index contributed by atoms with van der Waals surface area (Å²) in [5.41, 5.74) is 11.5. The molecule has 0 aliphatic carbocycles. The van der Waals surface area contributed by atoms with Crippen LogP contribution in [0.25, 0.3) is 16.7 Å². The fourth-order valence-electron chi connectivity index (χ4n) is 2.95. The summed E-state index contributed by atoms with van der Waals surface area (Å²) in [6.45, 7) is 1.79. The second-order valence-electron chi connectivity index (χ2n) is 6.18. The first-order valence-corrected chi connectivity index (χ1v) is 9.18. The van der Waals surface area contributed by atoms with Crippen LogP contribution in [0.5, 0.6) is 0 Å². The topological polar surface area (TPSA) is 153 Å². The highest BCUT2D eigenvalue weighted by Crippen LogP contribution is 2.29. The number of fused-ring (bicyclic) bond motifs is 1. The minimum atomic E-state index is -0.527. The van der Waals surface area contributed by atoms with Gasteiger partial charge >= 0.3 is 0 Å². The van der Waals surface area contributed by atoms with Crippen molar-refractivity contribution in [2.75, 3.05) is 16.8 Å². The Labute approximate surface area is 173 Å². The first-order chi connectivity index (χ1) is 13.9. The molecule has 4 rings (SSSR count). The van der Waals surface area contributed by atoms with Gasteiger partial charge < -0.3 is 16.8 Å². The largest absolute Gasteiger partial charge is 0.382 e. The molecule has 0 saturated carbocycles. The standard InChI is InChI=1S/C17H15Cl2N9O/c1-7(23-14-12(19)13(20)25-17(21)26-14)15-24-9-4-2-3-8(18)11(9)16(29)28(15)10-5-6-22-27-10/h2-7H,1H3,(H,22,27)(H5,20,21,23,25,26). The Kier molecular flexibility index (Phi) is 4.73. The van der Waals surface area contributed by atoms with Crippen LogP contribution in [0.3, 0.4) is 0 Å². The van der Waals surface area contributed by atoms with Crippen molar-refractivity contribution in [2.24, 2.45) is 0 Å². The van der Waals surface area contributed by atoms with Gasteiger partial charge in [-0.3, -0.25) is 9.89 Å². The highest BCUT2D eigenvalue weighted by atomic mass is 35.5. The predicted octanol–water partition coefficient (Wildman–Crippen LogP) is 2.54. The third-order valence-corrected chi connectivity index (χ3v) is 4.92. The summed E-state index contributed by atoms with van der Waals surface area (Å²) < 4.78 is 1.39. The summed E-state index contributed by atoms with van der Waals surface area (Å²) >= 11 is 12.4. The third-order valence-electron chi connectivity index (χ3n) is 4.23. The summed E-state index contributed by atoms with van der Waals surface area (Å²) in [4.78, 5) is 25.8. The molecule has 0 saturated heterocycles. The Morgan fingerprint density at radius 2 is 1.97 bits per heavy atom. The van der Waals surface area contributed by atoms with Crippen molar-refractivity contribution in [3.8, 4) is 5.82 Å². The minimum Gasteiger partial charge on any atom is -0.382 e. The number of aromatic amines is 1. The van der Waals surface area contributed by atoms with Gasteiger partial charge in [-0.2, -0.15) is 15.1 Å². The Morgan fingerprint density at radius 3 is 2.69 bits per heavy atom. The zero-order chi connectivity index (χ0) is 20.7. The van der Waals surface area contributed by atoms with Crippen molar-refractivity contribution in [1.82, 2.24) is 29.7 Å². The van der Waals surface area contributed by atoms with Crippen molar-refractivity contribution in [3.05, 3.63) is 56.7 Å². The molecular formula is C17H15Cl2N9O. The molecule has 0 aliphatic heterocycles. The molecular weight excluding hydrogens is 417 g/mol. The molecule has 3 heterocycles. The van der Waals surface area contributed by atoms with Crippen molar-refractivity contribution < 1.29 is 0 Å². The number of H-pyrrole nitrogens is 1.